The summed E-state index contributed by atoms with van der Waals surface area (Å²) in [6.07, 6.45) is 0.983. The first kappa shape index (κ1) is 21.5. The van der Waals surface area contributed by atoms with Crippen molar-refractivity contribution in [2.45, 2.75) is 6.54 Å². The molecule has 2 aromatic carbocycles. The highest BCUT2D eigenvalue weighted by Gasteiger charge is 2.15. The lowest BCUT2D eigenvalue weighted by Crippen LogP contribution is -2.36. The van der Waals surface area contributed by atoms with Gasteiger partial charge in [0.05, 0.1) is 20.0 Å². The molecular formula is C19H24N2O6S. The molecule has 2 rings (SSSR count). The SMILES string of the molecule is COCCN(Cc1ccc(OS(C)(=O)=O)cc1)C(=O)Nc1ccc(OC)cc1. The fourth-order valence-corrected chi connectivity index (χ4v) is 2.84. The molecule has 9 heteroatoms. The second-order valence-corrected chi connectivity index (χ2v) is 7.58. The van der Waals surface area contributed by atoms with Crippen LogP contribution >= 0.6 is 0 Å². The average molecular weight is 408 g/mol. The number of carbonyl (C=O) groups excluding carboxylic acids is 1. The summed E-state index contributed by atoms with van der Waals surface area (Å²) in [5.74, 6) is 0.919. The van der Waals surface area contributed by atoms with Crippen molar-refractivity contribution in [1.29, 1.82) is 0 Å². The molecule has 2 amide bonds. The predicted octanol–water partition coefficient (Wildman–Crippen LogP) is 2.71. The molecule has 8 nitrogen and oxygen atoms in total. The van der Waals surface area contributed by atoms with E-state index < -0.39 is 10.1 Å². The highest BCUT2D eigenvalue weighted by molar-refractivity contribution is 7.86. The summed E-state index contributed by atoms with van der Waals surface area (Å²) >= 11 is 0. The van der Waals surface area contributed by atoms with Crippen molar-refractivity contribution >= 4 is 21.8 Å². The number of anilines is 1. The number of benzene rings is 2. The first-order valence-corrected chi connectivity index (χ1v) is 10.3. The smallest absolute Gasteiger partial charge is 0.322 e. The molecule has 0 unspecified atom stereocenters. The minimum Gasteiger partial charge on any atom is -0.497 e. The Morgan fingerprint density at radius 2 is 1.61 bits per heavy atom. The van der Waals surface area contributed by atoms with Crippen LogP contribution in [0, 0.1) is 0 Å². The molecule has 0 aliphatic rings. The van der Waals surface area contributed by atoms with Crippen LogP contribution in [0.4, 0.5) is 10.5 Å². The van der Waals surface area contributed by atoms with Gasteiger partial charge >= 0.3 is 16.1 Å². The number of nitrogens with one attached hydrogen (secondary N) is 1. The van der Waals surface area contributed by atoms with E-state index >= 15 is 0 Å². The molecule has 28 heavy (non-hydrogen) atoms. The molecule has 0 aliphatic heterocycles. The second-order valence-electron chi connectivity index (χ2n) is 6.00. The van der Waals surface area contributed by atoms with Gasteiger partial charge in [-0.2, -0.15) is 8.42 Å². The summed E-state index contributed by atoms with van der Waals surface area (Å²) in [7, 11) is -0.436. The Kier molecular flexibility index (Phi) is 7.65. The van der Waals surface area contributed by atoms with Gasteiger partial charge in [-0.25, -0.2) is 4.79 Å². The molecule has 0 radical (unpaired) electrons. The van der Waals surface area contributed by atoms with Crippen LogP contribution in [0.2, 0.25) is 0 Å². The van der Waals surface area contributed by atoms with Gasteiger partial charge in [0.1, 0.15) is 11.5 Å². The van der Waals surface area contributed by atoms with Gasteiger partial charge in [0, 0.05) is 25.9 Å². The van der Waals surface area contributed by atoms with Crippen molar-refractivity contribution in [2.75, 3.05) is 38.9 Å². The number of ether oxygens (including phenoxy) is 2. The van der Waals surface area contributed by atoms with Gasteiger partial charge in [0.2, 0.25) is 0 Å². The van der Waals surface area contributed by atoms with Gasteiger partial charge < -0.3 is 23.9 Å². The van der Waals surface area contributed by atoms with Crippen LogP contribution in [0.15, 0.2) is 48.5 Å². The van der Waals surface area contributed by atoms with Crippen LogP contribution in [0.5, 0.6) is 11.5 Å². The first-order valence-electron chi connectivity index (χ1n) is 8.48. The average Bonchev–Trinajstić information content (AvgIpc) is 2.65. The summed E-state index contributed by atoms with van der Waals surface area (Å²) in [6.45, 7) is 1.09. The van der Waals surface area contributed by atoms with Crippen molar-refractivity contribution in [2.24, 2.45) is 0 Å². The molecule has 0 aliphatic carbocycles. The number of nitrogens with zero attached hydrogens (tertiary/aromatic N) is 1. The van der Waals surface area contributed by atoms with E-state index in [1.54, 1.807) is 67.7 Å². The monoisotopic (exact) mass is 408 g/mol. The van der Waals surface area contributed by atoms with Crippen LogP contribution in [-0.4, -0.2) is 53.0 Å². The maximum Gasteiger partial charge on any atom is 0.322 e. The van der Waals surface area contributed by atoms with Crippen LogP contribution < -0.4 is 14.2 Å². The van der Waals surface area contributed by atoms with Crippen molar-refractivity contribution in [3.63, 3.8) is 0 Å². The standard InChI is InChI=1S/C19H24N2O6S/c1-25-13-12-21(19(22)20-16-6-10-17(26-2)11-7-16)14-15-4-8-18(9-5-15)27-28(3,23)24/h4-11H,12-14H2,1-3H3,(H,20,22). The number of carbonyl (C=O) groups is 1. The van der Waals surface area contributed by atoms with E-state index in [9.17, 15) is 13.2 Å². The molecule has 0 saturated heterocycles. The Morgan fingerprint density at radius 1 is 1.00 bits per heavy atom. The third-order valence-corrected chi connectivity index (χ3v) is 4.23. The molecule has 0 bridgehead atoms. The predicted molar refractivity (Wildman–Crippen MR) is 106 cm³/mol. The van der Waals surface area contributed by atoms with E-state index in [1.807, 2.05) is 0 Å². The minimum atomic E-state index is -3.58. The van der Waals surface area contributed by atoms with Crippen LogP contribution in [-0.2, 0) is 21.4 Å². The first-order chi connectivity index (χ1) is 13.3. The van der Waals surface area contributed by atoms with E-state index in [1.165, 1.54) is 0 Å². The molecule has 0 saturated carbocycles. The van der Waals surface area contributed by atoms with Crippen LogP contribution in [0.25, 0.3) is 0 Å². The normalized spacial score (nSPS) is 11.0. The Hall–Kier alpha value is -2.78. The Balaban J connectivity index is 2.06. The molecule has 1 N–H and O–H groups in total. The molecule has 0 heterocycles. The Labute approximate surface area is 165 Å². The van der Waals surface area contributed by atoms with E-state index in [0.717, 1.165) is 11.8 Å². The van der Waals surface area contributed by atoms with Gasteiger partial charge in [0.25, 0.3) is 0 Å². The van der Waals surface area contributed by atoms with Gasteiger partial charge in [-0.05, 0) is 42.0 Å². The third kappa shape index (κ3) is 7.09. The molecule has 0 aromatic heterocycles. The zero-order valence-corrected chi connectivity index (χ0v) is 16.9. The lowest BCUT2D eigenvalue weighted by atomic mass is 10.2. The molecular weight excluding hydrogens is 384 g/mol. The van der Waals surface area contributed by atoms with Crippen molar-refractivity contribution in [1.82, 2.24) is 4.90 Å². The second kappa shape index (κ2) is 9.95. The van der Waals surface area contributed by atoms with Crippen molar-refractivity contribution in [3.05, 3.63) is 54.1 Å². The number of rotatable bonds is 9. The third-order valence-electron chi connectivity index (χ3n) is 3.74. The van der Waals surface area contributed by atoms with Crippen LogP contribution in [0.3, 0.4) is 0 Å². The largest absolute Gasteiger partial charge is 0.497 e. The Bertz CT molecular complexity index is 866. The van der Waals surface area contributed by atoms with E-state index in [4.69, 9.17) is 13.7 Å². The summed E-state index contributed by atoms with van der Waals surface area (Å²) < 4.78 is 37.4. The highest BCUT2D eigenvalue weighted by atomic mass is 32.2. The van der Waals surface area contributed by atoms with Crippen molar-refractivity contribution in [3.8, 4) is 11.5 Å². The van der Waals surface area contributed by atoms with Crippen molar-refractivity contribution < 1.29 is 26.9 Å². The lowest BCUT2D eigenvalue weighted by molar-refractivity contribution is 0.153. The fourth-order valence-electron chi connectivity index (χ4n) is 2.38. The molecule has 0 spiro atoms. The number of hydrogen-bond acceptors (Lipinski definition) is 6. The number of methoxy groups -OCH3 is 2. The van der Waals surface area contributed by atoms with Gasteiger partial charge in [0.15, 0.2) is 0 Å². The fraction of sp³-hybridized carbons (Fsp3) is 0.316. The van der Waals surface area contributed by atoms with E-state index in [0.29, 0.717) is 31.1 Å². The number of amides is 2. The highest BCUT2D eigenvalue weighted by Crippen LogP contribution is 2.18. The van der Waals surface area contributed by atoms with Gasteiger partial charge in [-0.3, -0.25) is 0 Å². The van der Waals surface area contributed by atoms with E-state index in [2.05, 4.69) is 5.32 Å². The maximum absolute atomic E-state index is 12.7. The minimum absolute atomic E-state index is 0.220. The van der Waals surface area contributed by atoms with E-state index in [-0.39, 0.29) is 11.8 Å². The summed E-state index contributed by atoms with van der Waals surface area (Å²) in [5.41, 5.74) is 1.46. The summed E-state index contributed by atoms with van der Waals surface area (Å²) in [4.78, 5) is 14.3. The number of hydrogen-bond donors (Lipinski definition) is 1. The molecule has 0 atom stereocenters. The summed E-state index contributed by atoms with van der Waals surface area (Å²) in [6, 6.07) is 13.3. The summed E-state index contributed by atoms with van der Waals surface area (Å²) in [5, 5.41) is 2.84. The number of urea groups is 1. The molecule has 0 fully saturated rings. The zero-order chi connectivity index (χ0) is 20.6. The molecule has 152 valence electrons. The topological polar surface area (TPSA) is 94.2 Å². The Morgan fingerprint density at radius 3 is 2.14 bits per heavy atom. The molecule has 2 aromatic rings. The van der Waals surface area contributed by atoms with Gasteiger partial charge in [-0.1, -0.05) is 12.1 Å². The van der Waals surface area contributed by atoms with Crippen LogP contribution in [0.1, 0.15) is 5.56 Å². The zero-order valence-electron chi connectivity index (χ0n) is 16.0. The maximum atomic E-state index is 12.7. The quantitative estimate of drug-likeness (QED) is 0.641. The van der Waals surface area contributed by atoms with Gasteiger partial charge in [-0.15, -0.1) is 0 Å². The lowest BCUT2D eigenvalue weighted by Gasteiger charge is -2.23.